The van der Waals surface area contributed by atoms with Gasteiger partial charge in [0.05, 0.1) is 6.61 Å². The van der Waals surface area contributed by atoms with Gasteiger partial charge in [0.1, 0.15) is 23.1 Å². The molecular formula is C22H26F2N2O2. The Morgan fingerprint density at radius 2 is 1.82 bits per heavy atom. The number of para-hydroxylation sites is 1. The van der Waals surface area contributed by atoms with Gasteiger partial charge in [-0.2, -0.15) is 0 Å². The highest BCUT2D eigenvalue weighted by Gasteiger charge is 2.33. The number of carbonyl (C=O) groups is 1. The molecule has 4 nitrogen and oxygen atoms in total. The van der Waals surface area contributed by atoms with E-state index < -0.39 is 11.6 Å². The molecule has 1 amide bonds. The van der Waals surface area contributed by atoms with Crippen molar-refractivity contribution in [2.24, 2.45) is 5.92 Å². The number of ether oxygens (including phenoxy) is 1. The Hall–Kier alpha value is -2.47. The maximum Gasteiger partial charge on any atom is 0.228 e. The first-order valence-electron chi connectivity index (χ1n) is 9.63. The van der Waals surface area contributed by atoms with E-state index in [-0.39, 0.29) is 30.6 Å². The number of rotatable bonds is 8. The van der Waals surface area contributed by atoms with Crippen molar-refractivity contribution >= 4 is 11.6 Å². The fourth-order valence-electron chi connectivity index (χ4n) is 3.19. The fraction of sp³-hybridized carbons (Fsp3) is 0.409. The average Bonchev–Trinajstić information content (AvgIpc) is 3.01. The van der Waals surface area contributed by atoms with Gasteiger partial charge in [-0.1, -0.05) is 32.0 Å². The van der Waals surface area contributed by atoms with E-state index in [0.717, 1.165) is 29.9 Å². The van der Waals surface area contributed by atoms with Crippen molar-refractivity contribution in [1.82, 2.24) is 5.32 Å². The molecule has 1 unspecified atom stereocenters. The number of hydrogen-bond acceptors (Lipinski definition) is 3. The molecule has 0 spiro atoms. The van der Waals surface area contributed by atoms with Crippen molar-refractivity contribution in [2.45, 2.75) is 39.3 Å². The normalized spacial score (nSPS) is 16.8. The molecule has 1 fully saturated rings. The van der Waals surface area contributed by atoms with Gasteiger partial charge >= 0.3 is 0 Å². The maximum atomic E-state index is 14.0. The van der Waals surface area contributed by atoms with Crippen LogP contribution in [0.1, 0.15) is 32.3 Å². The Bertz CT molecular complexity index is 788. The van der Waals surface area contributed by atoms with E-state index in [2.05, 4.69) is 19.2 Å². The molecule has 3 rings (SSSR count). The third kappa shape index (κ3) is 5.07. The van der Waals surface area contributed by atoms with Crippen LogP contribution in [0, 0.1) is 17.6 Å². The monoisotopic (exact) mass is 388 g/mol. The van der Waals surface area contributed by atoms with Crippen LogP contribution in [0.3, 0.4) is 0 Å². The number of hydrogen-bond donors (Lipinski definition) is 1. The molecule has 1 heterocycles. The number of amides is 1. The second kappa shape index (κ2) is 9.15. The van der Waals surface area contributed by atoms with E-state index in [1.807, 2.05) is 24.3 Å². The molecule has 2 aromatic carbocycles. The largest absolute Gasteiger partial charge is 0.494 e. The Labute approximate surface area is 164 Å². The summed E-state index contributed by atoms with van der Waals surface area (Å²) in [6.45, 7) is 5.83. The number of nitrogens with zero attached hydrogens (tertiary/aromatic N) is 1. The van der Waals surface area contributed by atoms with Gasteiger partial charge < -0.3 is 15.0 Å². The molecule has 1 aliphatic rings. The molecular weight excluding hydrogens is 362 g/mol. The van der Waals surface area contributed by atoms with Gasteiger partial charge in [0.15, 0.2) is 0 Å². The van der Waals surface area contributed by atoms with Crippen LogP contribution in [-0.2, 0) is 11.3 Å². The number of benzene rings is 2. The molecule has 0 radical (unpaired) electrons. The Morgan fingerprint density at radius 3 is 2.46 bits per heavy atom. The lowest BCUT2D eigenvalue weighted by molar-refractivity contribution is -0.117. The lowest BCUT2D eigenvalue weighted by Gasteiger charge is -2.18. The summed E-state index contributed by atoms with van der Waals surface area (Å²) in [6.07, 6.45) is 1.22. The molecule has 0 aliphatic carbocycles. The van der Waals surface area contributed by atoms with E-state index in [1.165, 1.54) is 11.0 Å². The lowest BCUT2D eigenvalue weighted by atomic mass is 10.1. The Balaban J connectivity index is 1.52. The molecule has 6 heteroatoms. The molecule has 0 aromatic heterocycles. The molecule has 1 saturated heterocycles. The summed E-state index contributed by atoms with van der Waals surface area (Å²) in [5.41, 5.74) is 0.791. The van der Waals surface area contributed by atoms with Crippen molar-refractivity contribution < 1.29 is 18.3 Å². The molecule has 2 aromatic rings. The standard InChI is InChI=1S/C22H26F2N2O2/c1-15(2)10-11-28-18-8-6-16(7-9-18)13-25-17-12-21(27)26(14-17)22-19(23)4-3-5-20(22)24/h3-9,15,17,25H,10-14H2,1-2H3. The first kappa shape index (κ1) is 20.3. The number of halogens is 2. The topological polar surface area (TPSA) is 41.6 Å². The van der Waals surface area contributed by atoms with Crippen LogP contribution in [0.4, 0.5) is 14.5 Å². The van der Waals surface area contributed by atoms with Crippen LogP contribution < -0.4 is 15.0 Å². The van der Waals surface area contributed by atoms with Crippen molar-refractivity contribution in [3.8, 4) is 5.75 Å². The zero-order chi connectivity index (χ0) is 20.1. The molecule has 0 saturated carbocycles. The quantitative estimate of drug-likeness (QED) is 0.734. The predicted octanol–water partition coefficient (Wildman–Crippen LogP) is 4.28. The van der Waals surface area contributed by atoms with Crippen molar-refractivity contribution in [3.63, 3.8) is 0 Å². The van der Waals surface area contributed by atoms with Gasteiger partial charge in [0.2, 0.25) is 5.91 Å². The summed E-state index contributed by atoms with van der Waals surface area (Å²) in [5.74, 6) is -0.281. The van der Waals surface area contributed by atoms with E-state index in [1.54, 1.807) is 0 Å². The predicted molar refractivity (Wildman–Crippen MR) is 105 cm³/mol. The van der Waals surface area contributed by atoms with Gasteiger partial charge in [-0.3, -0.25) is 4.79 Å². The highest BCUT2D eigenvalue weighted by Crippen LogP contribution is 2.27. The van der Waals surface area contributed by atoms with Crippen LogP contribution in [0.2, 0.25) is 0 Å². The summed E-state index contributed by atoms with van der Waals surface area (Å²) < 4.78 is 33.6. The number of nitrogens with one attached hydrogen (secondary N) is 1. The smallest absolute Gasteiger partial charge is 0.228 e. The zero-order valence-electron chi connectivity index (χ0n) is 16.3. The molecule has 1 atom stereocenters. The second-order valence-corrected chi connectivity index (χ2v) is 7.53. The first-order chi connectivity index (χ1) is 13.4. The molecule has 1 aliphatic heterocycles. The summed E-state index contributed by atoms with van der Waals surface area (Å²) in [4.78, 5) is 13.4. The SMILES string of the molecule is CC(C)CCOc1ccc(CNC2CC(=O)N(c3c(F)cccc3F)C2)cc1. The maximum absolute atomic E-state index is 14.0. The van der Waals surface area contributed by atoms with Crippen LogP contribution in [0.5, 0.6) is 5.75 Å². The second-order valence-electron chi connectivity index (χ2n) is 7.53. The van der Waals surface area contributed by atoms with Gasteiger partial charge in [0.25, 0.3) is 0 Å². The lowest BCUT2D eigenvalue weighted by Crippen LogP contribution is -2.33. The minimum Gasteiger partial charge on any atom is -0.494 e. The highest BCUT2D eigenvalue weighted by molar-refractivity contribution is 5.96. The van der Waals surface area contributed by atoms with Crippen LogP contribution >= 0.6 is 0 Å². The van der Waals surface area contributed by atoms with Gasteiger partial charge in [-0.25, -0.2) is 8.78 Å². The molecule has 0 bridgehead atoms. The van der Waals surface area contributed by atoms with Gasteiger partial charge in [-0.15, -0.1) is 0 Å². The van der Waals surface area contributed by atoms with Gasteiger partial charge in [0, 0.05) is 25.6 Å². The van der Waals surface area contributed by atoms with Crippen molar-refractivity contribution in [2.75, 3.05) is 18.1 Å². The van der Waals surface area contributed by atoms with E-state index >= 15 is 0 Å². The van der Waals surface area contributed by atoms with E-state index in [9.17, 15) is 13.6 Å². The van der Waals surface area contributed by atoms with E-state index in [4.69, 9.17) is 4.74 Å². The van der Waals surface area contributed by atoms with Crippen LogP contribution in [-0.4, -0.2) is 25.1 Å². The minimum atomic E-state index is -0.720. The fourth-order valence-corrected chi connectivity index (χ4v) is 3.19. The van der Waals surface area contributed by atoms with Gasteiger partial charge in [-0.05, 0) is 42.2 Å². The highest BCUT2D eigenvalue weighted by atomic mass is 19.1. The third-order valence-electron chi connectivity index (χ3n) is 4.81. The first-order valence-corrected chi connectivity index (χ1v) is 9.63. The average molecular weight is 388 g/mol. The molecule has 1 N–H and O–H groups in total. The van der Waals surface area contributed by atoms with Crippen LogP contribution in [0.25, 0.3) is 0 Å². The molecule has 150 valence electrons. The summed E-state index contributed by atoms with van der Waals surface area (Å²) >= 11 is 0. The van der Waals surface area contributed by atoms with Crippen LogP contribution in [0.15, 0.2) is 42.5 Å². The summed E-state index contributed by atoms with van der Waals surface area (Å²) in [7, 11) is 0. The zero-order valence-corrected chi connectivity index (χ0v) is 16.3. The Kier molecular flexibility index (Phi) is 6.62. The minimum absolute atomic E-state index is 0.159. The molecule has 28 heavy (non-hydrogen) atoms. The van der Waals surface area contributed by atoms with E-state index in [0.29, 0.717) is 19.1 Å². The Morgan fingerprint density at radius 1 is 1.14 bits per heavy atom. The summed E-state index contributed by atoms with van der Waals surface area (Å²) in [6, 6.07) is 11.3. The van der Waals surface area contributed by atoms with Crippen molar-refractivity contribution in [3.05, 3.63) is 59.7 Å². The number of anilines is 1. The summed E-state index contributed by atoms with van der Waals surface area (Å²) in [5, 5.41) is 3.30. The van der Waals surface area contributed by atoms with Crippen molar-refractivity contribution in [1.29, 1.82) is 0 Å². The number of carbonyl (C=O) groups excluding carboxylic acids is 1. The third-order valence-corrected chi connectivity index (χ3v) is 4.81.